The lowest BCUT2D eigenvalue weighted by molar-refractivity contribution is 0.456. The Morgan fingerprint density at radius 2 is 1.97 bits per heavy atom. The Morgan fingerprint density at radius 1 is 1.16 bits per heavy atom. The number of thiophene rings is 1. The predicted octanol–water partition coefficient (Wildman–Crippen LogP) is 4.42. The molecule has 5 rings (SSSR count). The van der Waals surface area contributed by atoms with E-state index in [9.17, 15) is 8.42 Å². The zero-order valence-electron chi connectivity index (χ0n) is 16.0. The summed E-state index contributed by atoms with van der Waals surface area (Å²) in [5.74, 6) is 0.372. The van der Waals surface area contributed by atoms with Crippen molar-refractivity contribution in [2.75, 3.05) is 6.54 Å². The molecule has 0 unspecified atom stereocenters. The third-order valence-electron chi connectivity index (χ3n) is 4.80. The van der Waals surface area contributed by atoms with Gasteiger partial charge >= 0.3 is 0 Å². The topological polar surface area (TPSA) is 98.0 Å². The minimum absolute atomic E-state index is 0.211. The maximum absolute atomic E-state index is 15.0. The zero-order valence-corrected chi connectivity index (χ0v) is 19.2. The van der Waals surface area contributed by atoms with E-state index in [1.165, 1.54) is 22.7 Å². The molecule has 0 aliphatic heterocycles. The Kier molecular flexibility index (Phi) is 5.55. The van der Waals surface area contributed by atoms with E-state index in [-0.39, 0.29) is 24.0 Å². The average Bonchev–Trinajstić information content (AvgIpc) is 3.17. The van der Waals surface area contributed by atoms with Crippen LogP contribution in [0.4, 0.5) is 4.39 Å². The van der Waals surface area contributed by atoms with Gasteiger partial charge in [-0.25, -0.2) is 22.5 Å². The fourth-order valence-electron chi connectivity index (χ4n) is 3.12. The largest absolute Gasteiger partial charge is 0.425 e. The van der Waals surface area contributed by atoms with Crippen molar-refractivity contribution in [3.63, 3.8) is 0 Å². The summed E-state index contributed by atoms with van der Waals surface area (Å²) in [4.78, 5) is 5.24. The van der Waals surface area contributed by atoms with Crippen molar-refractivity contribution in [3.05, 3.63) is 51.2 Å². The highest BCUT2D eigenvalue weighted by molar-refractivity contribution is 7.90. The first-order valence-corrected chi connectivity index (χ1v) is 13.1. The third kappa shape index (κ3) is 4.51. The van der Waals surface area contributed by atoms with E-state index in [1.807, 2.05) is 0 Å². The van der Waals surface area contributed by atoms with Crippen LogP contribution in [0.15, 0.2) is 28.7 Å². The number of nitrogens with zero attached hydrogens (tertiary/aromatic N) is 3. The standard InChI is InChI=1S/C19H16ClFN4O3S3/c20-14-6-5-13(29-14)11-3-4-12-19(18(11)21)30-17(23-12)9-16-25-24-15(28-16)7-8-22-31(26,27)10-1-2-10/h3-6,10,22H,1-2,7-9H2. The van der Waals surface area contributed by atoms with Crippen LogP contribution in [0.5, 0.6) is 0 Å². The van der Waals surface area contributed by atoms with Gasteiger partial charge in [-0.1, -0.05) is 11.6 Å². The Labute approximate surface area is 190 Å². The molecule has 1 N–H and O–H groups in total. The Bertz CT molecular complexity index is 1360. The molecule has 4 aromatic rings. The van der Waals surface area contributed by atoms with Gasteiger partial charge in [0.05, 0.1) is 26.2 Å². The molecule has 3 aromatic heterocycles. The van der Waals surface area contributed by atoms with Crippen LogP contribution in [0.1, 0.15) is 29.6 Å². The van der Waals surface area contributed by atoms with Crippen LogP contribution >= 0.6 is 34.3 Å². The van der Waals surface area contributed by atoms with Crippen LogP contribution in [0.25, 0.3) is 20.7 Å². The number of fused-ring (bicyclic) bond motifs is 1. The van der Waals surface area contributed by atoms with Gasteiger partial charge in [-0.15, -0.1) is 32.9 Å². The molecule has 3 heterocycles. The normalized spacial score (nSPS) is 14.5. The fourth-order valence-corrected chi connectivity index (χ4v) is 6.55. The highest BCUT2D eigenvalue weighted by atomic mass is 35.5. The van der Waals surface area contributed by atoms with Crippen LogP contribution < -0.4 is 4.72 Å². The second-order valence-corrected chi connectivity index (χ2v) is 12.0. The number of thiazole rings is 1. The van der Waals surface area contributed by atoms with Crippen LogP contribution in [-0.4, -0.2) is 35.4 Å². The van der Waals surface area contributed by atoms with Gasteiger partial charge in [-0.2, -0.15) is 0 Å². The molecule has 0 bridgehead atoms. The molecule has 0 radical (unpaired) electrons. The molecule has 0 spiro atoms. The zero-order chi connectivity index (χ0) is 21.6. The summed E-state index contributed by atoms with van der Waals surface area (Å²) in [6.07, 6.45) is 2.01. The van der Waals surface area contributed by atoms with Crippen molar-refractivity contribution in [2.24, 2.45) is 0 Å². The van der Waals surface area contributed by atoms with Gasteiger partial charge in [0.2, 0.25) is 21.8 Å². The van der Waals surface area contributed by atoms with Crippen molar-refractivity contribution < 1.29 is 17.2 Å². The lowest BCUT2D eigenvalue weighted by atomic mass is 10.1. The highest BCUT2D eigenvalue weighted by Crippen LogP contribution is 2.37. The van der Waals surface area contributed by atoms with Gasteiger partial charge in [0.25, 0.3) is 0 Å². The molecule has 1 aliphatic carbocycles. The first-order chi connectivity index (χ1) is 14.9. The molecule has 1 saturated carbocycles. The monoisotopic (exact) mass is 498 g/mol. The molecular formula is C19H16ClFN4O3S3. The maximum Gasteiger partial charge on any atom is 0.223 e. The second kappa shape index (κ2) is 8.21. The van der Waals surface area contributed by atoms with Crippen molar-refractivity contribution in [1.29, 1.82) is 0 Å². The summed E-state index contributed by atoms with van der Waals surface area (Å²) in [6.45, 7) is 0.211. The summed E-state index contributed by atoms with van der Waals surface area (Å²) in [7, 11) is -3.23. The minimum atomic E-state index is -3.23. The lowest BCUT2D eigenvalue weighted by Crippen LogP contribution is -2.29. The second-order valence-electron chi connectivity index (χ2n) is 7.14. The van der Waals surface area contributed by atoms with Gasteiger partial charge in [0.15, 0.2) is 5.82 Å². The van der Waals surface area contributed by atoms with Crippen molar-refractivity contribution in [2.45, 2.75) is 30.9 Å². The molecule has 0 saturated heterocycles. The third-order valence-corrected chi connectivity index (χ3v) is 9.08. The van der Waals surface area contributed by atoms with Crippen LogP contribution in [0.3, 0.4) is 0 Å². The Hall–Kier alpha value is -1.92. The number of hydrogen-bond donors (Lipinski definition) is 1. The Balaban J connectivity index is 1.28. The fraction of sp³-hybridized carbons (Fsp3) is 0.316. The molecule has 12 heteroatoms. The number of aromatic nitrogens is 3. The molecule has 1 fully saturated rings. The van der Waals surface area contributed by atoms with Gasteiger partial charge < -0.3 is 4.42 Å². The lowest BCUT2D eigenvalue weighted by Gasteiger charge is -2.02. The van der Waals surface area contributed by atoms with Crippen molar-refractivity contribution >= 4 is 54.5 Å². The maximum atomic E-state index is 15.0. The van der Waals surface area contributed by atoms with E-state index in [0.717, 1.165) is 4.88 Å². The molecule has 1 aromatic carbocycles. The number of nitrogens with one attached hydrogen (secondary N) is 1. The summed E-state index contributed by atoms with van der Waals surface area (Å²) in [6, 6.07) is 7.03. The molecule has 162 valence electrons. The van der Waals surface area contributed by atoms with Gasteiger partial charge in [-0.05, 0) is 37.1 Å². The quantitative estimate of drug-likeness (QED) is 0.386. The van der Waals surface area contributed by atoms with Crippen molar-refractivity contribution in [3.8, 4) is 10.4 Å². The SMILES string of the molecule is O=S(=O)(NCCc1nnc(Cc2nc3ccc(-c4ccc(Cl)s4)c(F)c3s2)o1)C1CC1. The first-order valence-electron chi connectivity index (χ1n) is 9.52. The summed E-state index contributed by atoms with van der Waals surface area (Å²) >= 11 is 8.54. The average molecular weight is 499 g/mol. The number of rotatable bonds is 8. The van der Waals surface area contributed by atoms with E-state index in [1.54, 1.807) is 24.3 Å². The molecule has 1 aliphatic rings. The van der Waals surface area contributed by atoms with Crippen LogP contribution in [0.2, 0.25) is 4.34 Å². The molecule has 7 nitrogen and oxygen atoms in total. The summed E-state index contributed by atoms with van der Waals surface area (Å²) in [5.41, 5.74) is 1.06. The van der Waals surface area contributed by atoms with E-state index in [4.69, 9.17) is 16.0 Å². The molecule has 31 heavy (non-hydrogen) atoms. The number of halogens is 2. The van der Waals surface area contributed by atoms with Crippen LogP contribution in [0, 0.1) is 5.82 Å². The molecule has 0 atom stereocenters. The van der Waals surface area contributed by atoms with E-state index < -0.39 is 10.0 Å². The molecular weight excluding hydrogens is 483 g/mol. The van der Waals surface area contributed by atoms with Gasteiger partial charge in [0.1, 0.15) is 5.01 Å². The van der Waals surface area contributed by atoms with Gasteiger partial charge in [0, 0.05) is 23.4 Å². The van der Waals surface area contributed by atoms with E-state index in [2.05, 4.69) is 19.9 Å². The number of sulfonamides is 1. The Morgan fingerprint density at radius 3 is 2.71 bits per heavy atom. The number of benzene rings is 1. The predicted molar refractivity (Wildman–Crippen MR) is 119 cm³/mol. The summed E-state index contributed by atoms with van der Waals surface area (Å²) < 4.78 is 47.9. The first kappa shape index (κ1) is 21.0. The van der Waals surface area contributed by atoms with E-state index >= 15 is 4.39 Å². The van der Waals surface area contributed by atoms with Gasteiger partial charge in [-0.3, -0.25) is 0 Å². The minimum Gasteiger partial charge on any atom is -0.425 e. The number of hydrogen-bond acceptors (Lipinski definition) is 8. The van der Waals surface area contributed by atoms with E-state index in [0.29, 0.717) is 56.2 Å². The highest BCUT2D eigenvalue weighted by Gasteiger charge is 2.35. The van der Waals surface area contributed by atoms with Crippen LogP contribution in [-0.2, 0) is 22.9 Å². The van der Waals surface area contributed by atoms with Crippen molar-refractivity contribution in [1.82, 2.24) is 19.9 Å². The smallest absolute Gasteiger partial charge is 0.223 e. The summed E-state index contributed by atoms with van der Waals surface area (Å²) in [5, 5.41) is 8.35. The molecule has 0 amide bonds.